The maximum atomic E-state index is 6.34. The zero-order valence-corrected chi connectivity index (χ0v) is 11.1. The molecule has 1 saturated carbocycles. The van der Waals surface area contributed by atoms with Crippen molar-refractivity contribution in [3.8, 4) is 5.75 Å². The highest BCUT2D eigenvalue weighted by Gasteiger charge is 2.28. The van der Waals surface area contributed by atoms with E-state index in [-0.39, 0.29) is 5.54 Å². The number of para-hydroxylation sites is 1. The van der Waals surface area contributed by atoms with Gasteiger partial charge in [-0.3, -0.25) is 4.98 Å². The van der Waals surface area contributed by atoms with Gasteiger partial charge in [0.25, 0.3) is 0 Å². The Morgan fingerprint density at radius 2 is 1.95 bits per heavy atom. The van der Waals surface area contributed by atoms with Gasteiger partial charge in [-0.1, -0.05) is 31.0 Å². The Labute approximate surface area is 113 Å². The summed E-state index contributed by atoms with van der Waals surface area (Å²) in [7, 11) is 0. The lowest BCUT2D eigenvalue weighted by Crippen LogP contribution is -2.37. The first kappa shape index (κ1) is 12.4. The average Bonchev–Trinajstić information content (AvgIpc) is 2.86. The van der Waals surface area contributed by atoms with E-state index in [4.69, 9.17) is 10.5 Å². The van der Waals surface area contributed by atoms with Gasteiger partial charge in [0.1, 0.15) is 11.3 Å². The van der Waals surface area contributed by atoms with Crippen LogP contribution in [0.2, 0.25) is 0 Å². The number of rotatable bonds is 4. The molecule has 1 aliphatic carbocycles. The topological polar surface area (TPSA) is 48.1 Å². The molecule has 3 heteroatoms. The molecule has 0 bridgehead atoms. The van der Waals surface area contributed by atoms with Crippen molar-refractivity contribution in [1.29, 1.82) is 0 Å². The van der Waals surface area contributed by atoms with E-state index < -0.39 is 0 Å². The predicted octanol–water partition coefficient (Wildman–Crippen LogP) is 3.28. The standard InChI is InChI=1S/C16H20N2O/c17-16(8-1-2-9-16)10-12-19-14-7-3-5-13-6-4-11-18-15(13)14/h3-7,11H,1-2,8-10,12,17H2. The Morgan fingerprint density at radius 1 is 1.16 bits per heavy atom. The van der Waals surface area contributed by atoms with Gasteiger partial charge in [0.2, 0.25) is 0 Å². The minimum atomic E-state index is -0.00197. The van der Waals surface area contributed by atoms with E-state index in [0.29, 0.717) is 6.61 Å². The Bertz CT molecular complexity index is 556. The van der Waals surface area contributed by atoms with Crippen molar-refractivity contribution in [2.75, 3.05) is 6.61 Å². The lowest BCUT2D eigenvalue weighted by molar-refractivity contribution is 0.260. The number of ether oxygens (including phenoxy) is 1. The Morgan fingerprint density at radius 3 is 2.79 bits per heavy atom. The predicted molar refractivity (Wildman–Crippen MR) is 77.2 cm³/mol. The molecule has 3 nitrogen and oxygen atoms in total. The van der Waals surface area contributed by atoms with Crippen molar-refractivity contribution in [1.82, 2.24) is 4.98 Å². The average molecular weight is 256 g/mol. The van der Waals surface area contributed by atoms with Crippen LogP contribution in [0.4, 0.5) is 0 Å². The first-order valence-corrected chi connectivity index (χ1v) is 7.02. The zero-order chi connectivity index (χ0) is 13.1. The maximum absolute atomic E-state index is 6.34. The number of hydrogen-bond donors (Lipinski definition) is 1. The lowest BCUT2D eigenvalue weighted by atomic mass is 9.95. The molecule has 0 saturated heterocycles. The molecular formula is C16H20N2O. The molecule has 0 spiro atoms. The fourth-order valence-electron chi connectivity index (χ4n) is 2.89. The second-order valence-electron chi connectivity index (χ2n) is 5.50. The lowest BCUT2D eigenvalue weighted by Gasteiger charge is -2.23. The van der Waals surface area contributed by atoms with Crippen molar-refractivity contribution in [2.24, 2.45) is 5.73 Å². The van der Waals surface area contributed by atoms with Crippen LogP contribution in [0.1, 0.15) is 32.1 Å². The quantitative estimate of drug-likeness (QED) is 0.913. The number of fused-ring (bicyclic) bond motifs is 1. The minimum Gasteiger partial charge on any atom is -0.491 e. The molecule has 1 aliphatic rings. The third-order valence-corrected chi connectivity index (χ3v) is 4.05. The molecule has 1 fully saturated rings. The molecule has 0 unspecified atom stereocenters. The van der Waals surface area contributed by atoms with Gasteiger partial charge in [-0.15, -0.1) is 0 Å². The Hall–Kier alpha value is -1.61. The third kappa shape index (κ3) is 2.71. The highest BCUT2D eigenvalue weighted by molar-refractivity contribution is 5.84. The molecule has 2 aromatic rings. The van der Waals surface area contributed by atoms with Gasteiger partial charge >= 0.3 is 0 Å². The van der Waals surface area contributed by atoms with E-state index in [2.05, 4.69) is 17.1 Å². The van der Waals surface area contributed by atoms with E-state index >= 15 is 0 Å². The Kier molecular flexibility index (Phi) is 3.38. The number of pyridine rings is 1. The summed E-state index contributed by atoms with van der Waals surface area (Å²) in [6.45, 7) is 0.673. The molecule has 3 rings (SSSR count). The molecule has 1 aromatic heterocycles. The van der Waals surface area contributed by atoms with Crippen LogP contribution in [0, 0.1) is 0 Å². The van der Waals surface area contributed by atoms with Crippen molar-refractivity contribution in [3.63, 3.8) is 0 Å². The summed E-state index contributed by atoms with van der Waals surface area (Å²) in [5.74, 6) is 0.861. The molecule has 2 N–H and O–H groups in total. The summed E-state index contributed by atoms with van der Waals surface area (Å²) in [5.41, 5.74) is 7.27. The largest absolute Gasteiger partial charge is 0.491 e. The van der Waals surface area contributed by atoms with Crippen LogP contribution in [0.25, 0.3) is 10.9 Å². The first-order chi connectivity index (χ1) is 9.27. The summed E-state index contributed by atoms with van der Waals surface area (Å²) < 4.78 is 5.90. The number of nitrogens with two attached hydrogens (primary N) is 1. The van der Waals surface area contributed by atoms with E-state index in [1.807, 2.05) is 18.2 Å². The van der Waals surface area contributed by atoms with Gasteiger partial charge in [0.15, 0.2) is 0 Å². The summed E-state index contributed by atoms with van der Waals surface area (Å²) in [5, 5.41) is 1.11. The van der Waals surface area contributed by atoms with Crippen molar-refractivity contribution >= 4 is 10.9 Å². The number of nitrogens with zero attached hydrogens (tertiary/aromatic N) is 1. The highest BCUT2D eigenvalue weighted by Crippen LogP contribution is 2.30. The zero-order valence-electron chi connectivity index (χ0n) is 11.1. The molecule has 0 amide bonds. The number of benzene rings is 1. The van der Waals surface area contributed by atoms with Crippen LogP contribution in [-0.2, 0) is 0 Å². The van der Waals surface area contributed by atoms with E-state index in [1.54, 1.807) is 6.20 Å². The fourth-order valence-corrected chi connectivity index (χ4v) is 2.89. The molecule has 0 radical (unpaired) electrons. The van der Waals surface area contributed by atoms with Crippen LogP contribution in [0.15, 0.2) is 36.5 Å². The fraction of sp³-hybridized carbons (Fsp3) is 0.438. The van der Waals surface area contributed by atoms with Crippen LogP contribution in [0.3, 0.4) is 0 Å². The molecule has 19 heavy (non-hydrogen) atoms. The van der Waals surface area contributed by atoms with E-state index in [0.717, 1.165) is 35.9 Å². The molecule has 1 heterocycles. The molecule has 0 aliphatic heterocycles. The number of hydrogen-bond acceptors (Lipinski definition) is 3. The van der Waals surface area contributed by atoms with Crippen molar-refractivity contribution in [3.05, 3.63) is 36.5 Å². The van der Waals surface area contributed by atoms with E-state index in [1.165, 1.54) is 12.8 Å². The van der Waals surface area contributed by atoms with Crippen LogP contribution >= 0.6 is 0 Å². The van der Waals surface area contributed by atoms with E-state index in [9.17, 15) is 0 Å². The SMILES string of the molecule is NC1(CCOc2cccc3cccnc23)CCCC1. The normalized spacial score (nSPS) is 17.7. The number of aromatic nitrogens is 1. The molecular weight excluding hydrogens is 236 g/mol. The summed E-state index contributed by atoms with van der Waals surface area (Å²) in [6, 6.07) is 10.0. The van der Waals surface area contributed by atoms with Crippen molar-refractivity contribution in [2.45, 2.75) is 37.6 Å². The smallest absolute Gasteiger partial charge is 0.145 e. The highest BCUT2D eigenvalue weighted by atomic mass is 16.5. The molecule has 1 aromatic carbocycles. The van der Waals surface area contributed by atoms with Gasteiger partial charge < -0.3 is 10.5 Å². The minimum absolute atomic E-state index is 0.00197. The summed E-state index contributed by atoms with van der Waals surface area (Å²) in [6.07, 6.45) is 7.50. The maximum Gasteiger partial charge on any atom is 0.145 e. The molecule has 100 valence electrons. The van der Waals surface area contributed by atoms with Crippen LogP contribution in [-0.4, -0.2) is 17.1 Å². The van der Waals surface area contributed by atoms with Gasteiger partial charge in [-0.2, -0.15) is 0 Å². The van der Waals surface area contributed by atoms with Gasteiger partial charge in [0.05, 0.1) is 6.61 Å². The van der Waals surface area contributed by atoms with Gasteiger partial charge in [0, 0.05) is 17.1 Å². The monoisotopic (exact) mass is 256 g/mol. The van der Waals surface area contributed by atoms with Gasteiger partial charge in [-0.25, -0.2) is 0 Å². The third-order valence-electron chi connectivity index (χ3n) is 4.05. The first-order valence-electron chi connectivity index (χ1n) is 7.02. The summed E-state index contributed by atoms with van der Waals surface area (Å²) in [4.78, 5) is 4.39. The van der Waals surface area contributed by atoms with Crippen LogP contribution in [0.5, 0.6) is 5.75 Å². The summed E-state index contributed by atoms with van der Waals surface area (Å²) >= 11 is 0. The Balaban J connectivity index is 1.68. The van der Waals surface area contributed by atoms with Gasteiger partial charge in [-0.05, 0) is 31.4 Å². The second-order valence-corrected chi connectivity index (χ2v) is 5.50. The van der Waals surface area contributed by atoms with Crippen LogP contribution < -0.4 is 10.5 Å². The second kappa shape index (κ2) is 5.17. The molecule has 0 atom stereocenters. The van der Waals surface area contributed by atoms with Crippen molar-refractivity contribution < 1.29 is 4.74 Å².